The molecule has 3 rings (SSSR count). The molecule has 0 saturated heterocycles. The fourth-order valence-electron chi connectivity index (χ4n) is 1.81. The first-order chi connectivity index (χ1) is 8.88. The second kappa shape index (κ2) is 4.58. The smallest absolute Gasteiger partial charge is 0.240 e. The molecule has 0 unspecified atom stereocenters. The van der Waals surface area contributed by atoms with E-state index in [9.17, 15) is 0 Å². The van der Waals surface area contributed by atoms with Gasteiger partial charge in [0.2, 0.25) is 17.6 Å². The van der Waals surface area contributed by atoms with Gasteiger partial charge in [0.15, 0.2) is 0 Å². The fourth-order valence-corrected chi connectivity index (χ4v) is 1.81. The van der Waals surface area contributed by atoms with Crippen molar-refractivity contribution in [2.45, 2.75) is 6.54 Å². The Morgan fingerprint density at radius 3 is 2.72 bits per heavy atom. The Hall–Kier alpha value is -2.21. The van der Waals surface area contributed by atoms with Crippen LogP contribution in [-0.2, 0) is 11.3 Å². The zero-order valence-corrected chi connectivity index (χ0v) is 9.67. The first kappa shape index (κ1) is 10.9. The highest BCUT2D eigenvalue weighted by Gasteiger charge is 2.18. The second-order valence-corrected chi connectivity index (χ2v) is 3.80. The van der Waals surface area contributed by atoms with Gasteiger partial charge in [-0.1, -0.05) is 23.4 Å². The molecule has 0 aliphatic carbocycles. The van der Waals surface area contributed by atoms with Gasteiger partial charge in [0.1, 0.15) is 6.61 Å². The molecule has 2 heterocycles. The van der Waals surface area contributed by atoms with Crippen LogP contribution in [0.2, 0.25) is 0 Å². The molecule has 0 fully saturated rings. The summed E-state index contributed by atoms with van der Waals surface area (Å²) in [5, 5.41) is 3.91. The molecule has 0 saturated carbocycles. The molecule has 1 aromatic heterocycles. The van der Waals surface area contributed by atoms with Crippen molar-refractivity contribution in [3.63, 3.8) is 0 Å². The average Bonchev–Trinajstić information content (AvgIpc) is 3.10. The molecule has 18 heavy (non-hydrogen) atoms. The van der Waals surface area contributed by atoms with E-state index >= 15 is 0 Å². The topological polar surface area (TPSA) is 86.5 Å². The number of nitrogens with zero attached hydrogens (tertiary/aromatic N) is 3. The number of rotatable bonds is 3. The van der Waals surface area contributed by atoms with Gasteiger partial charge in [0.25, 0.3) is 0 Å². The van der Waals surface area contributed by atoms with E-state index in [0.29, 0.717) is 30.8 Å². The average molecular weight is 244 g/mol. The van der Waals surface area contributed by atoms with Crippen molar-refractivity contribution in [2.75, 3.05) is 13.2 Å². The summed E-state index contributed by atoms with van der Waals surface area (Å²) in [7, 11) is 0. The van der Waals surface area contributed by atoms with E-state index in [-0.39, 0.29) is 6.54 Å². The third-order valence-electron chi connectivity index (χ3n) is 2.63. The van der Waals surface area contributed by atoms with Crippen LogP contribution >= 0.6 is 0 Å². The van der Waals surface area contributed by atoms with Crippen molar-refractivity contribution < 1.29 is 9.26 Å². The van der Waals surface area contributed by atoms with E-state index in [0.717, 1.165) is 11.1 Å². The number of ether oxygens (including phenoxy) is 1. The van der Waals surface area contributed by atoms with E-state index < -0.39 is 0 Å². The van der Waals surface area contributed by atoms with Crippen LogP contribution in [0.15, 0.2) is 33.8 Å². The Bertz CT molecular complexity index is 591. The van der Waals surface area contributed by atoms with E-state index in [1.165, 1.54) is 0 Å². The Kier molecular flexibility index (Phi) is 2.77. The van der Waals surface area contributed by atoms with Crippen molar-refractivity contribution in [2.24, 2.45) is 10.7 Å². The highest BCUT2D eigenvalue weighted by molar-refractivity contribution is 6.00. The summed E-state index contributed by atoms with van der Waals surface area (Å²) in [6.07, 6.45) is 0. The third-order valence-corrected chi connectivity index (χ3v) is 2.63. The number of aromatic nitrogens is 2. The molecule has 0 spiro atoms. The molecule has 0 amide bonds. The van der Waals surface area contributed by atoms with Gasteiger partial charge in [0.05, 0.1) is 13.1 Å². The molecule has 2 N–H and O–H groups in total. The summed E-state index contributed by atoms with van der Waals surface area (Å²) in [5.74, 6) is 1.54. The molecule has 0 atom stereocenters. The highest BCUT2D eigenvalue weighted by atomic mass is 16.5. The summed E-state index contributed by atoms with van der Waals surface area (Å²) >= 11 is 0. The van der Waals surface area contributed by atoms with Gasteiger partial charge in [-0.05, 0) is 6.07 Å². The quantitative estimate of drug-likeness (QED) is 0.869. The number of hydrogen-bond acceptors (Lipinski definition) is 6. The number of benzene rings is 1. The molecule has 6 heteroatoms. The highest BCUT2D eigenvalue weighted by Crippen LogP contribution is 2.23. The molecule has 1 aliphatic rings. The minimum absolute atomic E-state index is 0.229. The van der Waals surface area contributed by atoms with Crippen LogP contribution in [0.1, 0.15) is 11.5 Å². The molecular formula is C12H12N4O2. The minimum Gasteiger partial charge on any atom is -0.475 e. The van der Waals surface area contributed by atoms with Gasteiger partial charge in [-0.15, -0.1) is 0 Å². The summed E-state index contributed by atoms with van der Waals surface area (Å²) in [6.45, 7) is 1.53. The fraction of sp³-hybridized carbons (Fsp3) is 0.250. The number of aliphatic imine (C=N–C) groups is 1. The second-order valence-electron chi connectivity index (χ2n) is 3.80. The van der Waals surface area contributed by atoms with Crippen molar-refractivity contribution in [3.05, 3.63) is 35.7 Å². The number of hydrogen-bond donors (Lipinski definition) is 1. The van der Waals surface area contributed by atoms with Crippen LogP contribution in [0.3, 0.4) is 0 Å². The van der Waals surface area contributed by atoms with E-state index in [1.54, 1.807) is 0 Å². The lowest BCUT2D eigenvalue weighted by Crippen LogP contribution is -2.04. The lowest BCUT2D eigenvalue weighted by atomic mass is 10.1. The predicted octanol–water partition coefficient (Wildman–Crippen LogP) is 0.972. The van der Waals surface area contributed by atoms with Gasteiger partial charge in [-0.2, -0.15) is 4.98 Å². The zero-order chi connectivity index (χ0) is 12.4. The van der Waals surface area contributed by atoms with Crippen molar-refractivity contribution in [1.82, 2.24) is 10.1 Å². The lowest BCUT2D eigenvalue weighted by Gasteiger charge is -2.05. The summed E-state index contributed by atoms with van der Waals surface area (Å²) in [6, 6.07) is 7.67. The van der Waals surface area contributed by atoms with Crippen LogP contribution in [0.4, 0.5) is 0 Å². The van der Waals surface area contributed by atoms with Crippen molar-refractivity contribution in [1.29, 1.82) is 0 Å². The maximum atomic E-state index is 5.47. The van der Waals surface area contributed by atoms with Crippen LogP contribution in [0, 0.1) is 0 Å². The van der Waals surface area contributed by atoms with Crippen LogP contribution in [-0.4, -0.2) is 29.2 Å². The molecule has 1 aromatic carbocycles. The van der Waals surface area contributed by atoms with Gasteiger partial charge >= 0.3 is 0 Å². The first-order valence-electron chi connectivity index (χ1n) is 5.68. The van der Waals surface area contributed by atoms with Gasteiger partial charge in [-0.25, -0.2) is 4.99 Å². The monoisotopic (exact) mass is 244 g/mol. The number of nitrogens with two attached hydrogens (primary N) is 1. The Morgan fingerprint density at radius 2 is 2.06 bits per heavy atom. The Balaban J connectivity index is 2.05. The van der Waals surface area contributed by atoms with E-state index in [1.807, 2.05) is 24.3 Å². The standard InChI is InChI=1S/C12H12N4O2/c13-7-10-15-11(16-18-10)8-3-1-2-4-9(8)12-14-5-6-17-12/h1-4H,5-7,13H2. The summed E-state index contributed by atoms with van der Waals surface area (Å²) in [5.41, 5.74) is 7.17. The largest absolute Gasteiger partial charge is 0.475 e. The molecular weight excluding hydrogens is 232 g/mol. The first-order valence-corrected chi connectivity index (χ1v) is 5.68. The van der Waals surface area contributed by atoms with Crippen molar-refractivity contribution >= 4 is 5.90 Å². The van der Waals surface area contributed by atoms with Crippen molar-refractivity contribution in [3.8, 4) is 11.4 Å². The summed E-state index contributed by atoms with van der Waals surface area (Å²) < 4.78 is 10.5. The van der Waals surface area contributed by atoms with Crippen LogP contribution in [0.25, 0.3) is 11.4 Å². The SMILES string of the molecule is NCc1nc(-c2ccccc2C2=NCCO2)no1. The molecule has 6 nitrogen and oxygen atoms in total. The minimum atomic E-state index is 0.229. The van der Waals surface area contributed by atoms with Crippen LogP contribution < -0.4 is 5.73 Å². The van der Waals surface area contributed by atoms with E-state index in [2.05, 4.69) is 15.1 Å². The predicted molar refractivity (Wildman–Crippen MR) is 65.0 cm³/mol. The maximum Gasteiger partial charge on any atom is 0.240 e. The Labute approximate surface area is 103 Å². The molecule has 0 radical (unpaired) electrons. The zero-order valence-electron chi connectivity index (χ0n) is 9.67. The van der Waals surface area contributed by atoms with E-state index in [4.69, 9.17) is 15.0 Å². The molecule has 92 valence electrons. The maximum absolute atomic E-state index is 5.47. The van der Waals surface area contributed by atoms with Crippen LogP contribution in [0.5, 0.6) is 0 Å². The molecule has 2 aromatic rings. The third kappa shape index (κ3) is 1.86. The molecule has 0 bridgehead atoms. The lowest BCUT2D eigenvalue weighted by molar-refractivity contribution is 0.348. The Morgan fingerprint density at radius 1 is 1.22 bits per heavy atom. The normalized spacial score (nSPS) is 14.4. The summed E-state index contributed by atoms with van der Waals surface area (Å²) in [4.78, 5) is 8.52. The molecule has 1 aliphatic heterocycles. The van der Waals surface area contributed by atoms with Gasteiger partial charge in [-0.3, -0.25) is 0 Å². The van der Waals surface area contributed by atoms with Gasteiger partial charge < -0.3 is 15.0 Å². The van der Waals surface area contributed by atoms with Gasteiger partial charge in [0, 0.05) is 11.1 Å².